The van der Waals surface area contributed by atoms with Crippen LogP contribution in [0.25, 0.3) is 11.2 Å². The van der Waals surface area contributed by atoms with E-state index in [1.165, 1.54) is 18.8 Å². The predicted molar refractivity (Wildman–Crippen MR) is 101 cm³/mol. The van der Waals surface area contributed by atoms with Gasteiger partial charge in [-0.1, -0.05) is 12.5 Å². The second-order valence-electron chi connectivity index (χ2n) is 7.49. The quantitative estimate of drug-likeness (QED) is 0.617. The Hall–Kier alpha value is -3.22. The molecule has 0 spiro atoms. The first-order chi connectivity index (χ1) is 14.3. The zero-order valence-electron chi connectivity index (χ0n) is 16.0. The maximum absolute atomic E-state index is 14.0. The highest BCUT2D eigenvalue weighted by molar-refractivity contribution is 5.83. The number of aromatic nitrogens is 4. The maximum atomic E-state index is 14.0. The summed E-state index contributed by atoms with van der Waals surface area (Å²) in [4.78, 5) is 12.6. The van der Waals surface area contributed by atoms with Crippen molar-refractivity contribution in [1.82, 2.24) is 19.5 Å². The lowest BCUT2D eigenvalue weighted by atomic mass is 9.80. The maximum Gasteiger partial charge on any atom is 0.419 e. The molecule has 0 amide bonds. The highest BCUT2D eigenvalue weighted by atomic mass is 19.4. The fraction of sp³-hybridized carbons (Fsp3) is 0.400. The van der Waals surface area contributed by atoms with E-state index in [-0.39, 0.29) is 24.1 Å². The smallest absolute Gasteiger partial charge is 0.365 e. The normalized spacial score (nSPS) is 15.6. The van der Waals surface area contributed by atoms with Crippen LogP contribution in [-0.4, -0.2) is 25.6 Å². The molecule has 1 saturated carbocycles. The molecule has 0 unspecified atom stereocenters. The van der Waals surface area contributed by atoms with E-state index in [1.807, 2.05) is 13.0 Å². The lowest BCUT2D eigenvalue weighted by Crippen LogP contribution is -2.31. The lowest BCUT2D eigenvalue weighted by Gasteiger charge is -2.32. The van der Waals surface area contributed by atoms with Crippen molar-refractivity contribution in [2.45, 2.75) is 44.9 Å². The van der Waals surface area contributed by atoms with Gasteiger partial charge >= 0.3 is 6.18 Å². The number of alkyl halides is 3. The molecule has 1 atom stereocenters. The van der Waals surface area contributed by atoms with Crippen molar-refractivity contribution >= 4 is 17.0 Å². The van der Waals surface area contributed by atoms with E-state index < -0.39 is 17.6 Å². The van der Waals surface area contributed by atoms with Crippen LogP contribution in [0.4, 0.5) is 23.4 Å². The van der Waals surface area contributed by atoms with Crippen molar-refractivity contribution in [1.29, 1.82) is 5.26 Å². The van der Waals surface area contributed by atoms with Crippen molar-refractivity contribution in [3.8, 4) is 6.07 Å². The number of hydrogen-bond donors (Lipinski definition) is 1. The molecule has 6 nitrogen and oxygen atoms in total. The molecular formula is C20H18F4N6. The Morgan fingerprint density at radius 3 is 2.67 bits per heavy atom. The van der Waals surface area contributed by atoms with Gasteiger partial charge in [0.25, 0.3) is 0 Å². The molecule has 2 heterocycles. The van der Waals surface area contributed by atoms with Gasteiger partial charge in [-0.3, -0.25) is 0 Å². The third-order valence-corrected chi connectivity index (χ3v) is 5.49. The number of rotatable bonds is 5. The monoisotopic (exact) mass is 418 g/mol. The summed E-state index contributed by atoms with van der Waals surface area (Å²) in [6, 6.07) is 4.85. The molecule has 1 aliphatic carbocycles. The van der Waals surface area contributed by atoms with Crippen molar-refractivity contribution < 1.29 is 17.6 Å². The number of nitrogens with zero attached hydrogens (tertiary/aromatic N) is 5. The van der Waals surface area contributed by atoms with Gasteiger partial charge < -0.3 is 9.88 Å². The summed E-state index contributed by atoms with van der Waals surface area (Å²) in [5.74, 6) is -0.428. The lowest BCUT2D eigenvalue weighted by molar-refractivity contribution is -0.140. The standard InChI is InChI=1S/C20H18F4N6/c1-11(13-3-2-4-13)27-19-17-18(28-16(8-25)29-19)26-10-30(17)9-12-5-6-14(15(21)7-12)20(22,23)24/h5-7,10-11,13H,2-4,9H2,1H3,(H,27,28,29)/t11-/m1/s1. The number of anilines is 1. The van der Waals surface area contributed by atoms with Crippen LogP contribution in [-0.2, 0) is 12.7 Å². The zero-order chi connectivity index (χ0) is 21.5. The average Bonchev–Trinajstić information content (AvgIpc) is 3.02. The molecule has 30 heavy (non-hydrogen) atoms. The first kappa shape index (κ1) is 20.1. The van der Waals surface area contributed by atoms with Crippen molar-refractivity contribution in [3.63, 3.8) is 0 Å². The molecule has 4 rings (SSSR count). The van der Waals surface area contributed by atoms with E-state index in [0.717, 1.165) is 25.0 Å². The summed E-state index contributed by atoms with van der Waals surface area (Å²) in [7, 11) is 0. The Bertz CT molecular complexity index is 1130. The first-order valence-electron chi connectivity index (χ1n) is 9.51. The van der Waals surface area contributed by atoms with Gasteiger partial charge in [-0.05, 0) is 43.4 Å². The second-order valence-corrected chi connectivity index (χ2v) is 7.49. The number of fused-ring (bicyclic) bond motifs is 1. The molecule has 0 radical (unpaired) electrons. The number of halogens is 4. The second kappa shape index (κ2) is 7.55. The Labute approximate surface area is 169 Å². The number of hydrogen-bond acceptors (Lipinski definition) is 5. The van der Waals surface area contributed by atoms with E-state index >= 15 is 0 Å². The largest absolute Gasteiger partial charge is 0.419 e. The minimum atomic E-state index is -4.75. The van der Waals surface area contributed by atoms with Gasteiger partial charge in [0.05, 0.1) is 11.9 Å². The summed E-state index contributed by atoms with van der Waals surface area (Å²) < 4.78 is 54.0. The van der Waals surface area contributed by atoms with Gasteiger partial charge in [-0.25, -0.2) is 9.37 Å². The zero-order valence-corrected chi connectivity index (χ0v) is 16.0. The number of nitriles is 1. The van der Waals surface area contributed by atoms with Crippen LogP contribution >= 0.6 is 0 Å². The van der Waals surface area contributed by atoms with Gasteiger partial charge in [0.1, 0.15) is 17.4 Å². The van der Waals surface area contributed by atoms with E-state index in [9.17, 15) is 22.8 Å². The van der Waals surface area contributed by atoms with Crippen LogP contribution in [0.1, 0.15) is 43.1 Å². The Balaban J connectivity index is 1.69. The van der Waals surface area contributed by atoms with E-state index in [0.29, 0.717) is 22.8 Å². The Morgan fingerprint density at radius 2 is 2.07 bits per heavy atom. The highest BCUT2D eigenvalue weighted by Crippen LogP contribution is 2.33. The number of nitrogens with one attached hydrogen (secondary N) is 1. The molecule has 1 aromatic carbocycles. The summed E-state index contributed by atoms with van der Waals surface area (Å²) in [6.45, 7) is 2.11. The van der Waals surface area contributed by atoms with E-state index in [2.05, 4.69) is 20.3 Å². The van der Waals surface area contributed by atoms with Crippen LogP contribution in [0.15, 0.2) is 24.5 Å². The first-order valence-corrected chi connectivity index (χ1v) is 9.51. The summed E-state index contributed by atoms with van der Waals surface area (Å²) in [6.07, 6.45) is 0.0990. The summed E-state index contributed by atoms with van der Waals surface area (Å²) in [5.41, 5.74) is -0.166. The molecule has 0 bridgehead atoms. The predicted octanol–water partition coefficient (Wildman–Crippen LogP) is 4.50. The number of imidazole rings is 1. The third kappa shape index (κ3) is 3.79. The van der Waals surface area contributed by atoms with Gasteiger partial charge in [-0.15, -0.1) is 0 Å². The molecule has 10 heteroatoms. The minimum Gasteiger partial charge on any atom is -0.365 e. The van der Waals surface area contributed by atoms with Crippen molar-refractivity contribution in [3.05, 3.63) is 47.3 Å². The Kier molecular flexibility index (Phi) is 5.05. The van der Waals surface area contributed by atoms with E-state index in [4.69, 9.17) is 0 Å². The van der Waals surface area contributed by atoms with Crippen LogP contribution in [0, 0.1) is 23.1 Å². The molecule has 2 aromatic heterocycles. The van der Waals surface area contributed by atoms with Crippen molar-refractivity contribution in [2.24, 2.45) is 5.92 Å². The van der Waals surface area contributed by atoms with Gasteiger partial charge in [0, 0.05) is 12.6 Å². The Morgan fingerprint density at radius 1 is 1.30 bits per heavy atom. The molecule has 3 aromatic rings. The molecule has 156 valence electrons. The molecular weight excluding hydrogens is 400 g/mol. The van der Waals surface area contributed by atoms with Crippen LogP contribution in [0.3, 0.4) is 0 Å². The van der Waals surface area contributed by atoms with Gasteiger partial charge in [0.15, 0.2) is 11.5 Å². The van der Waals surface area contributed by atoms with Crippen LogP contribution in [0.2, 0.25) is 0 Å². The molecule has 1 aliphatic rings. The van der Waals surface area contributed by atoms with Crippen molar-refractivity contribution in [2.75, 3.05) is 5.32 Å². The highest BCUT2D eigenvalue weighted by Gasteiger charge is 2.34. The van der Waals surface area contributed by atoms with Gasteiger partial charge in [0.2, 0.25) is 5.82 Å². The van der Waals surface area contributed by atoms with Gasteiger partial charge in [-0.2, -0.15) is 28.4 Å². The molecule has 1 fully saturated rings. The number of benzene rings is 1. The molecule has 1 N–H and O–H groups in total. The van der Waals surface area contributed by atoms with E-state index in [1.54, 1.807) is 4.57 Å². The topological polar surface area (TPSA) is 79.4 Å². The molecule has 0 saturated heterocycles. The molecule has 0 aliphatic heterocycles. The fourth-order valence-electron chi connectivity index (χ4n) is 3.61. The minimum absolute atomic E-state index is 0.0309. The van der Waals surface area contributed by atoms with Crippen LogP contribution in [0.5, 0.6) is 0 Å². The summed E-state index contributed by atoms with van der Waals surface area (Å²) >= 11 is 0. The third-order valence-electron chi connectivity index (χ3n) is 5.49. The average molecular weight is 418 g/mol. The van der Waals surface area contributed by atoms with Crippen LogP contribution < -0.4 is 5.32 Å². The SMILES string of the molecule is C[C@@H](Nc1nc(C#N)nc2ncn(Cc3ccc(C(F)(F)F)c(F)c3)c12)C1CCC1. The fourth-order valence-corrected chi connectivity index (χ4v) is 3.61. The summed E-state index contributed by atoms with van der Waals surface area (Å²) in [5, 5.41) is 12.5.